The average Bonchev–Trinajstić information content (AvgIpc) is 3.46. The predicted molar refractivity (Wildman–Crippen MR) is 309 cm³/mol. The maximum absolute atomic E-state index is 2.45. The van der Waals surface area contributed by atoms with E-state index in [0.717, 1.165) is 5.69 Å². The Balaban J connectivity index is 0.882. The minimum absolute atomic E-state index is 0.155. The van der Waals surface area contributed by atoms with Crippen LogP contribution in [-0.4, -0.2) is 6.71 Å². The molecular weight excluding hydrogens is 866 g/mol. The Morgan fingerprint density at radius 1 is 0.222 bits per heavy atom. The Hall–Kier alpha value is -9.24. The van der Waals surface area contributed by atoms with E-state index in [4.69, 9.17) is 0 Å². The molecular formula is C70H46BN. The molecule has 0 aliphatic carbocycles. The van der Waals surface area contributed by atoms with Crippen molar-refractivity contribution in [2.24, 2.45) is 0 Å². The van der Waals surface area contributed by atoms with E-state index in [0.29, 0.717) is 0 Å². The minimum atomic E-state index is 0.155. The number of hydrogen-bond acceptors (Lipinski definition) is 1. The van der Waals surface area contributed by atoms with Crippen LogP contribution in [0.4, 0.5) is 17.1 Å². The lowest BCUT2D eigenvalue weighted by Gasteiger charge is -2.37. The minimum Gasteiger partial charge on any atom is -0.312 e. The molecule has 0 spiro atoms. The van der Waals surface area contributed by atoms with E-state index < -0.39 is 0 Å². The van der Waals surface area contributed by atoms with Crippen LogP contribution >= 0.6 is 0 Å². The summed E-state index contributed by atoms with van der Waals surface area (Å²) in [7, 11) is 0. The average molecular weight is 912 g/mol. The van der Waals surface area contributed by atoms with Gasteiger partial charge < -0.3 is 4.90 Å². The monoisotopic (exact) mass is 911 g/mol. The Bertz CT molecular complexity index is 4040. The van der Waals surface area contributed by atoms with Crippen LogP contribution in [0.2, 0.25) is 0 Å². The van der Waals surface area contributed by atoms with Gasteiger partial charge in [-0.3, -0.25) is 0 Å². The summed E-state index contributed by atoms with van der Waals surface area (Å²) < 4.78 is 0. The van der Waals surface area contributed by atoms with Gasteiger partial charge in [-0.25, -0.2) is 0 Å². The third-order valence-corrected chi connectivity index (χ3v) is 15.1. The summed E-state index contributed by atoms with van der Waals surface area (Å²) in [5.41, 5.74) is 19.8. The zero-order valence-electron chi connectivity index (χ0n) is 39.6. The van der Waals surface area contributed by atoms with Crippen molar-refractivity contribution in [3.8, 4) is 55.6 Å². The smallest absolute Gasteiger partial charge is 0.246 e. The van der Waals surface area contributed by atoms with Gasteiger partial charge in [0.15, 0.2) is 0 Å². The van der Waals surface area contributed by atoms with E-state index in [1.165, 1.54) is 126 Å². The molecule has 1 heterocycles. The van der Waals surface area contributed by atoms with E-state index >= 15 is 0 Å². The van der Waals surface area contributed by atoms with Crippen molar-refractivity contribution in [2.75, 3.05) is 4.90 Å². The van der Waals surface area contributed by atoms with Crippen molar-refractivity contribution in [2.45, 2.75) is 0 Å². The number of rotatable bonds is 7. The Labute approximate surface area is 420 Å². The summed E-state index contributed by atoms with van der Waals surface area (Å²) in [6.07, 6.45) is 0. The SMILES string of the molecule is c1ccc(B2c3ccccc3N(c3ccc(-c4c5ccccc5c(-c5ccc(-c6c7ccccc7c(-c7ccccc7-c7ccccc7)c7ccccc67)cc5)c5ccccc45)cc3)c3ccccc32)cc1. The van der Waals surface area contributed by atoms with Gasteiger partial charge in [-0.1, -0.05) is 260 Å². The molecule has 0 unspecified atom stereocenters. The summed E-state index contributed by atoms with van der Waals surface area (Å²) in [6, 6.07) is 103. The van der Waals surface area contributed by atoms with Crippen molar-refractivity contribution >= 4 is 83.3 Å². The van der Waals surface area contributed by atoms with Crippen molar-refractivity contribution in [1.82, 2.24) is 0 Å². The fourth-order valence-electron chi connectivity index (χ4n) is 12.1. The Morgan fingerprint density at radius 3 is 0.972 bits per heavy atom. The van der Waals surface area contributed by atoms with Crippen LogP contribution < -0.4 is 21.3 Å². The molecule has 1 aliphatic heterocycles. The molecule has 0 atom stereocenters. The van der Waals surface area contributed by atoms with E-state index in [-0.39, 0.29) is 6.71 Å². The van der Waals surface area contributed by atoms with Crippen molar-refractivity contribution < 1.29 is 0 Å². The zero-order valence-corrected chi connectivity index (χ0v) is 39.6. The van der Waals surface area contributed by atoms with E-state index in [9.17, 15) is 0 Å². The molecule has 334 valence electrons. The molecule has 0 saturated heterocycles. The molecule has 0 fully saturated rings. The van der Waals surface area contributed by atoms with Crippen LogP contribution in [0.1, 0.15) is 0 Å². The second-order valence-electron chi connectivity index (χ2n) is 19.0. The van der Waals surface area contributed by atoms with Gasteiger partial charge in [0, 0.05) is 17.1 Å². The van der Waals surface area contributed by atoms with E-state index in [1.54, 1.807) is 0 Å². The maximum Gasteiger partial charge on any atom is 0.246 e. The van der Waals surface area contributed by atoms with Crippen molar-refractivity contribution in [1.29, 1.82) is 0 Å². The zero-order chi connectivity index (χ0) is 47.5. The van der Waals surface area contributed by atoms with Crippen LogP contribution in [-0.2, 0) is 0 Å². The second kappa shape index (κ2) is 17.3. The summed E-state index contributed by atoms with van der Waals surface area (Å²) in [4.78, 5) is 2.45. The van der Waals surface area contributed by atoms with Gasteiger partial charge >= 0.3 is 0 Å². The third-order valence-electron chi connectivity index (χ3n) is 15.1. The largest absolute Gasteiger partial charge is 0.312 e. The first-order valence-corrected chi connectivity index (χ1v) is 25.0. The van der Waals surface area contributed by atoms with Crippen LogP contribution in [0, 0.1) is 0 Å². The highest BCUT2D eigenvalue weighted by Gasteiger charge is 2.35. The highest BCUT2D eigenvalue weighted by Crippen LogP contribution is 2.48. The molecule has 13 aromatic carbocycles. The molecule has 0 aromatic heterocycles. The molecule has 1 nitrogen and oxygen atoms in total. The lowest BCUT2D eigenvalue weighted by atomic mass is 9.35. The van der Waals surface area contributed by atoms with Gasteiger partial charge in [0.2, 0.25) is 6.71 Å². The quantitative estimate of drug-likeness (QED) is 0.114. The van der Waals surface area contributed by atoms with Crippen LogP contribution in [0.25, 0.3) is 98.7 Å². The van der Waals surface area contributed by atoms with Crippen molar-refractivity contribution in [3.63, 3.8) is 0 Å². The number of benzene rings is 13. The number of nitrogens with zero attached hydrogens (tertiary/aromatic N) is 1. The Morgan fingerprint density at radius 2 is 0.542 bits per heavy atom. The van der Waals surface area contributed by atoms with Gasteiger partial charge in [0.1, 0.15) is 0 Å². The van der Waals surface area contributed by atoms with Crippen LogP contribution in [0.5, 0.6) is 0 Å². The van der Waals surface area contributed by atoms with Crippen LogP contribution in [0.3, 0.4) is 0 Å². The van der Waals surface area contributed by atoms with E-state index in [2.05, 4.69) is 284 Å². The van der Waals surface area contributed by atoms with Gasteiger partial charge in [0.25, 0.3) is 0 Å². The number of hydrogen-bond donors (Lipinski definition) is 0. The van der Waals surface area contributed by atoms with Gasteiger partial charge in [-0.15, -0.1) is 0 Å². The third kappa shape index (κ3) is 6.72. The highest BCUT2D eigenvalue weighted by atomic mass is 15.1. The highest BCUT2D eigenvalue weighted by molar-refractivity contribution is 6.98. The molecule has 0 N–H and O–H groups in total. The fraction of sp³-hybridized carbons (Fsp3) is 0. The second-order valence-corrected chi connectivity index (χ2v) is 19.0. The maximum atomic E-state index is 2.45. The van der Waals surface area contributed by atoms with Gasteiger partial charge in [0.05, 0.1) is 0 Å². The fourth-order valence-corrected chi connectivity index (χ4v) is 12.1. The molecule has 72 heavy (non-hydrogen) atoms. The molecule has 0 bridgehead atoms. The Kier molecular flexibility index (Phi) is 10.0. The van der Waals surface area contributed by atoms with Gasteiger partial charge in [-0.05, 0) is 134 Å². The molecule has 0 saturated carbocycles. The molecule has 13 aromatic rings. The first kappa shape index (κ1) is 41.7. The van der Waals surface area contributed by atoms with Crippen molar-refractivity contribution in [3.05, 3.63) is 279 Å². The normalized spacial score (nSPS) is 12.1. The summed E-state index contributed by atoms with van der Waals surface area (Å²) >= 11 is 0. The molecule has 0 amide bonds. The summed E-state index contributed by atoms with van der Waals surface area (Å²) in [5.74, 6) is 0. The number of para-hydroxylation sites is 2. The molecule has 1 aliphatic rings. The molecule has 0 radical (unpaired) electrons. The molecule has 14 rings (SSSR count). The predicted octanol–water partition coefficient (Wildman–Crippen LogP) is 16.9. The molecule has 2 heteroatoms. The van der Waals surface area contributed by atoms with Crippen LogP contribution in [0.15, 0.2) is 279 Å². The standard InChI is InChI=1S/C70H46BN/c1-3-21-47(22-4-1)53-25-7-8-26-54(53)70-61-33-15-13-31-59(61)68(60-32-14-16-34-62(60)70)49-41-39-48(40-42-49)67-55-27-9-11-29-57(55)69(58-30-12-10-28-56(58)67)50-43-45-52(46-44-50)72-65-37-19-17-35-63(65)71(51-23-5-2-6-24-51)64-36-18-20-38-66(64)72/h1-46H. The lowest BCUT2D eigenvalue weighted by molar-refractivity contribution is 1.29. The number of fused-ring (bicyclic) bond motifs is 6. The summed E-state index contributed by atoms with van der Waals surface area (Å²) in [5, 5.41) is 9.97. The van der Waals surface area contributed by atoms with Gasteiger partial charge in [-0.2, -0.15) is 0 Å². The topological polar surface area (TPSA) is 3.24 Å². The summed E-state index contributed by atoms with van der Waals surface area (Å²) in [6.45, 7) is 0.155. The lowest BCUT2D eigenvalue weighted by Crippen LogP contribution is -2.57. The number of anilines is 3. The first-order valence-electron chi connectivity index (χ1n) is 25.0. The van der Waals surface area contributed by atoms with E-state index in [1.807, 2.05) is 0 Å². The first-order chi connectivity index (χ1) is 35.8.